The van der Waals surface area contributed by atoms with E-state index in [0.29, 0.717) is 0 Å². The predicted molar refractivity (Wildman–Crippen MR) is 75.1 cm³/mol. The molecule has 0 radical (unpaired) electrons. The molecule has 0 bridgehead atoms. The second-order valence-electron chi connectivity index (χ2n) is 5.27. The normalized spacial score (nSPS) is 15.5. The summed E-state index contributed by atoms with van der Waals surface area (Å²) >= 11 is 1.95. The van der Waals surface area contributed by atoms with E-state index in [2.05, 4.69) is 36.9 Å². The summed E-state index contributed by atoms with van der Waals surface area (Å²) in [5.74, 6) is 1.24. The van der Waals surface area contributed by atoms with Crippen LogP contribution in [0.5, 0.6) is 0 Å². The average molecular weight is 251 g/mol. The SMILES string of the molecule is CN(c1ccc2c(c1)CCCS2)C(C)(C)CO. The van der Waals surface area contributed by atoms with E-state index >= 15 is 0 Å². The molecule has 0 saturated carbocycles. The maximum Gasteiger partial charge on any atom is 0.0658 e. The Morgan fingerprint density at radius 3 is 2.88 bits per heavy atom. The standard InChI is InChI=1S/C14H21NOS/c1-14(2,10-16)15(3)12-6-7-13-11(9-12)5-4-8-17-13/h6-7,9,16H,4-5,8,10H2,1-3H3. The van der Waals surface area contributed by atoms with Gasteiger partial charge < -0.3 is 10.0 Å². The molecule has 1 N–H and O–H groups in total. The monoisotopic (exact) mass is 251 g/mol. The van der Waals surface area contributed by atoms with Gasteiger partial charge in [-0.3, -0.25) is 0 Å². The Kier molecular flexibility index (Phi) is 3.69. The zero-order valence-corrected chi connectivity index (χ0v) is 11.7. The number of rotatable bonds is 3. The third-order valence-corrected chi connectivity index (χ3v) is 4.78. The van der Waals surface area contributed by atoms with Gasteiger partial charge in [0.15, 0.2) is 0 Å². The quantitative estimate of drug-likeness (QED) is 0.893. The van der Waals surface area contributed by atoms with Crippen LogP contribution in [0, 0.1) is 0 Å². The number of aryl methyl sites for hydroxylation is 1. The Bertz CT molecular complexity index is 403. The van der Waals surface area contributed by atoms with Crippen LogP contribution < -0.4 is 4.90 Å². The van der Waals surface area contributed by atoms with Crippen molar-refractivity contribution in [2.24, 2.45) is 0 Å². The van der Waals surface area contributed by atoms with Gasteiger partial charge in [-0.1, -0.05) is 0 Å². The highest BCUT2D eigenvalue weighted by Crippen LogP contribution is 2.33. The zero-order chi connectivity index (χ0) is 12.5. The highest BCUT2D eigenvalue weighted by molar-refractivity contribution is 7.99. The van der Waals surface area contributed by atoms with Crippen LogP contribution in [-0.2, 0) is 6.42 Å². The molecule has 0 unspecified atom stereocenters. The van der Waals surface area contributed by atoms with Crippen molar-refractivity contribution in [1.29, 1.82) is 0 Å². The Morgan fingerprint density at radius 2 is 2.18 bits per heavy atom. The van der Waals surface area contributed by atoms with Gasteiger partial charge in [-0.25, -0.2) is 0 Å². The number of benzene rings is 1. The highest BCUT2D eigenvalue weighted by Gasteiger charge is 2.23. The van der Waals surface area contributed by atoms with Crippen molar-refractivity contribution in [3.05, 3.63) is 23.8 Å². The Hall–Kier alpha value is -0.670. The summed E-state index contributed by atoms with van der Waals surface area (Å²) in [5, 5.41) is 9.42. The molecule has 94 valence electrons. The first-order valence-corrected chi connectivity index (χ1v) is 7.13. The van der Waals surface area contributed by atoms with Crippen molar-refractivity contribution >= 4 is 17.4 Å². The zero-order valence-electron chi connectivity index (χ0n) is 10.9. The van der Waals surface area contributed by atoms with Gasteiger partial charge in [-0.15, -0.1) is 11.8 Å². The predicted octanol–water partition coefficient (Wildman–Crippen LogP) is 2.93. The molecule has 0 fully saturated rings. The minimum atomic E-state index is -0.212. The van der Waals surface area contributed by atoms with E-state index in [1.165, 1.54) is 34.7 Å². The molecule has 2 rings (SSSR count). The molecule has 17 heavy (non-hydrogen) atoms. The summed E-state index contributed by atoms with van der Waals surface area (Å²) in [6.07, 6.45) is 2.46. The van der Waals surface area contributed by atoms with Crippen LogP contribution in [0.3, 0.4) is 0 Å². The van der Waals surface area contributed by atoms with Gasteiger partial charge in [0.1, 0.15) is 0 Å². The molecule has 0 atom stereocenters. The molecular formula is C14H21NOS. The summed E-state index contributed by atoms with van der Waals surface area (Å²) in [7, 11) is 2.05. The van der Waals surface area contributed by atoms with Gasteiger partial charge in [0.2, 0.25) is 0 Å². The molecule has 1 heterocycles. The van der Waals surface area contributed by atoms with E-state index in [0.717, 1.165) is 0 Å². The fourth-order valence-electron chi connectivity index (χ4n) is 2.01. The van der Waals surface area contributed by atoms with Gasteiger partial charge in [0.25, 0.3) is 0 Å². The summed E-state index contributed by atoms with van der Waals surface area (Å²) in [4.78, 5) is 3.59. The van der Waals surface area contributed by atoms with Gasteiger partial charge in [-0.2, -0.15) is 0 Å². The number of hydrogen-bond donors (Lipinski definition) is 1. The fraction of sp³-hybridized carbons (Fsp3) is 0.571. The summed E-state index contributed by atoms with van der Waals surface area (Å²) in [5.41, 5.74) is 2.44. The van der Waals surface area contributed by atoms with E-state index in [1.54, 1.807) is 0 Å². The molecule has 0 aliphatic carbocycles. The number of aliphatic hydroxyl groups is 1. The molecule has 0 aromatic heterocycles. The number of thioether (sulfide) groups is 1. The van der Waals surface area contributed by atoms with Crippen molar-refractivity contribution in [2.75, 3.05) is 24.3 Å². The number of fused-ring (bicyclic) bond motifs is 1. The minimum absolute atomic E-state index is 0.162. The van der Waals surface area contributed by atoms with E-state index in [4.69, 9.17) is 0 Å². The Morgan fingerprint density at radius 1 is 1.41 bits per heavy atom. The first-order valence-electron chi connectivity index (χ1n) is 6.15. The molecule has 0 saturated heterocycles. The van der Waals surface area contributed by atoms with E-state index in [1.807, 2.05) is 18.8 Å². The van der Waals surface area contributed by atoms with E-state index in [-0.39, 0.29) is 12.1 Å². The van der Waals surface area contributed by atoms with Crippen LogP contribution in [0.4, 0.5) is 5.69 Å². The van der Waals surface area contributed by atoms with Crippen LogP contribution in [0.15, 0.2) is 23.1 Å². The number of hydrogen-bond acceptors (Lipinski definition) is 3. The fourth-order valence-corrected chi connectivity index (χ4v) is 3.03. The van der Waals surface area contributed by atoms with Crippen LogP contribution in [-0.4, -0.2) is 30.1 Å². The van der Waals surface area contributed by atoms with Crippen molar-refractivity contribution in [1.82, 2.24) is 0 Å². The van der Waals surface area contributed by atoms with Gasteiger partial charge in [0.05, 0.1) is 12.1 Å². The molecule has 1 aromatic rings. The van der Waals surface area contributed by atoms with Gasteiger partial charge in [-0.05, 0) is 56.2 Å². The molecule has 0 spiro atoms. The Labute approximate surface area is 108 Å². The maximum atomic E-state index is 9.42. The molecule has 1 aliphatic rings. The lowest BCUT2D eigenvalue weighted by Gasteiger charge is -2.36. The molecule has 2 nitrogen and oxygen atoms in total. The highest BCUT2D eigenvalue weighted by atomic mass is 32.2. The first kappa shape index (κ1) is 12.8. The molecule has 0 amide bonds. The van der Waals surface area contributed by atoms with Crippen molar-refractivity contribution < 1.29 is 5.11 Å². The molecule has 3 heteroatoms. The third kappa shape index (κ3) is 2.61. The summed E-state index contributed by atoms with van der Waals surface area (Å²) in [6.45, 7) is 4.28. The molecule has 1 aromatic carbocycles. The number of aliphatic hydroxyl groups excluding tert-OH is 1. The lowest BCUT2D eigenvalue weighted by atomic mass is 10.0. The lowest BCUT2D eigenvalue weighted by molar-refractivity contribution is 0.216. The third-order valence-electron chi connectivity index (χ3n) is 3.57. The van der Waals surface area contributed by atoms with Crippen molar-refractivity contribution in [3.63, 3.8) is 0 Å². The summed E-state index contributed by atoms with van der Waals surface area (Å²) < 4.78 is 0. The largest absolute Gasteiger partial charge is 0.394 e. The van der Waals surface area contributed by atoms with Crippen molar-refractivity contribution in [2.45, 2.75) is 37.1 Å². The second kappa shape index (κ2) is 4.91. The number of nitrogens with zero attached hydrogens (tertiary/aromatic N) is 1. The van der Waals surface area contributed by atoms with E-state index < -0.39 is 0 Å². The number of anilines is 1. The topological polar surface area (TPSA) is 23.5 Å². The van der Waals surface area contributed by atoms with Crippen molar-refractivity contribution in [3.8, 4) is 0 Å². The molecule has 1 aliphatic heterocycles. The molecular weight excluding hydrogens is 230 g/mol. The Balaban J connectivity index is 2.28. The second-order valence-corrected chi connectivity index (χ2v) is 6.41. The smallest absolute Gasteiger partial charge is 0.0658 e. The number of likely N-dealkylation sites (N-methyl/N-ethyl adjacent to an activating group) is 1. The van der Waals surface area contributed by atoms with Gasteiger partial charge >= 0.3 is 0 Å². The lowest BCUT2D eigenvalue weighted by Crippen LogP contribution is -2.44. The van der Waals surface area contributed by atoms with E-state index in [9.17, 15) is 5.11 Å². The van der Waals surface area contributed by atoms with Crippen LogP contribution in [0.2, 0.25) is 0 Å². The maximum absolute atomic E-state index is 9.42. The van der Waals surface area contributed by atoms with Gasteiger partial charge in [0, 0.05) is 17.6 Å². The van der Waals surface area contributed by atoms with Crippen LogP contribution >= 0.6 is 11.8 Å². The average Bonchev–Trinajstić information content (AvgIpc) is 2.37. The van der Waals surface area contributed by atoms with Crippen LogP contribution in [0.25, 0.3) is 0 Å². The van der Waals surface area contributed by atoms with Crippen LogP contribution in [0.1, 0.15) is 25.8 Å². The first-order chi connectivity index (χ1) is 8.04. The minimum Gasteiger partial charge on any atom is -0.394 e. The summed E-state index contributed by atoms with van der Waals surface area (Å²) in [6, 6.07) is 6.66.